The predicted molar refractivity (Wildman–Crippen MR) is 130 cm³/mol. The lowest BCUT2D eigenvalue weighted by Crippen LogP contribution is -2.24. The molecule has 1 amide bonds. The minimum absolute atomic E-state index is 0.0247. The SMILES string of the molecule is COc1ccc(CNS(=O)(=O)c2cc(NC(=O)Cc3ncccc3Cl)cc3nn(C(F)F)cc23)cc1. The molecule has 36 heavy (non-hydrogen) atoms. The molecule has 2 heterocycles. The van der Waals surface area contributed by atoms with E-state index in [9.17, 15) is 22.0 Å². The number of methoxy groups -OCH3 is 1. The van der Waals surface area contributed by atoms with E-state index in [4.69, 9.17) is 16.3 Å². The third-order valence-corrected chi connectivity index (χ3v) is 6.95. The smallest absolute Gasteiger partial charge is 0.333 e. The number of sulfonamides is 1. The standard InChI is InChI=1S/C23H20ClF2N5O4S/c1-35-16-6-4-14(5-7-16)12-28-36(33,34)21-10-15(9-19-17(21)13-31(30-19)23(25)26)29-22(32)11-20-18(24)3-2-8-27-20/h2-10,13,23,28H,11-12H2,1H3,(H,29,32). The van der Waals surface area contributed by atoms with Gasteiger partial charge in [-0.1, -0.05) is 23.7 Å². The number of carbonyl (C=O) groups is 1. The Morgan fingerprint density at radius 3 is 2.61 bits per heavy atom. The number of nitrogens with zero attached hydrogens (tertiary/aromatic N) is 3. The van der Waals surface area contributed by atoms with Crippen molar-refractivity contribution in [3.8, 4) is 5.75 Å². The molecule has 2 N–H and O–H groups in total. The normalized spacial score (nSPS) is 11.7. The molecule has 0 spiro atoms. The summed E-state index contributed by atoms with van der Waals surface area (Å²) >= 11 is 6.05. The average molecular weight is 536 g/mol. The van der Waals surface area contributed by atoms with Crippen LogP contribution in [0.4, 0.5) is 14.5 Å². The first-order chi connectivity index (χ1) is 17.2. The third kappa shape index (κ3) is 5.78. The molecule has 4 aromatic rings. The van der Waals surface area contributed by atoms with E-state index in [1.807, 2.05) is 0 Å². The number of anilines is 1. The van der Waals surface area contributed by atoms with Gasteiger partial charge in [-0.25, -0.2) is 17.8 Å². The number of alkyl halides is 2. The second-order valence-electron chi connectivity index (χ2n) is 7.62. The first-order valence-electron chi connectivity index (χ1n) is 10.5. The Bertz CT molecular complexity index is 1510. The largest absolute Gasteiger partial charge is 0.497 e. The molecule has 0 fully saturated rings. The minimum Gasteiger partial charge on any atom is -0.497 e. The van der Waals surface area contributed by atoms with Gasteiger partial charge in [0.05, 0.1) is 34.7 Å². The van der Waals surface area contributed by atoms with Crippen LogP contribution in [0.1, 0.15) is 17.8 Å². The molecule has 0 radical (unpaired) electrons. The van der Waals surface area contributed by atoms with Crippen LogP contribution in [0, 0.1) is 0 Å². The fourth-order valence-corrected chi connectivity index (χ4v) is 4.84. The Balaban J connectivity index is 1.64. The van der Waals surface area contributed by atoms with Crippen molar-refractivity contribution in [1.29, 1.82) is 0 Å². The number of benzene rings is 2. The highest BCUT2D eigenvalue weighted by Crippen LogP contribution is 2.29. The first-order valence-corrected chi connectivity index (χ1v) is 12.4. The van der Waals surface area contributed by atoms with Gasteiger partial charge in [-0.3, -0.25) is 9.78 Å². The number of rotatable bonds is 9. The lowest BCUT2D eigenvalue weighted by atomic mass is 10.2. The molecule has 0 unspecified atom stereocenters. The summed E-state index contributed by atoms with van der Waals surface area (Å²) in [6, 6.07) is 12.4. The van der Waals surface area contributed by atoms with Gasteiger partial charge in [0.1, 0.15) is 5.75 Å². The van der Waals surface area contributed by atoms with E-state index < -0.39 is 22.5 Å². The number of amides is 1. The van der Waals surface area contributed by atoms with Gasteiger partial charge in [-0.2, -0.15) is 13.9 Å². The van der Waals surface area contributed by atoms with Gasteiger partial charge in [-0.05, 0) is 42.0 Å². The van der Waals surface area contributed by atoms with Crippen molar-refractivity contribution in [2.24, 2.45) is 0 Å². The summed E-state index contributed by atoms with van der Waals surface area (Å²) in [5.41, 5.74) is 1.00. The van der Waals surface area contributed by atoms with Crippen molar-refractivity contribution in [3.63, 3.8) is 0 Å². The third-order valence-electron chi connectivity index (χ3n) is 5.17. The van der Waals surface area contributed by atoms with Crippen molar-refractivity contribution < 1.29 is 26.7 Å². The quantitative estimate of drug-likeness (QED) is 0.333. The second-order valence-corrected chi connectivity index (χ2v) is 9.77. The van der Waals surface area contributed by atoms with Crippen LogP contribution in [-0.4, -0.2) is 36.2 Å². The van der Waals surface area contributed by atoms with E-state index in [0.29, 0.717) is 26.7 Å². The fraction of sp³-hybridized carbons (Fsp3) is 0.174. The Morgan fingerprint density at radius 1 is 1.19 bits per heavy atom. The summed E-state index contributed by atoms with van der Waals surface area (Å²) in [5.74, 6) is 0.0796. The van der Waals surface area contributed by atoms with E-state index >= 15 is 0 Å². The van der Waals surface area contributed by atoms with Gasteiger partial charge in [0, 0.05) is 30.0 Å². The van der Waals surface area contributed by atoms with Crippen LogP contribution in [-0.2, 0) is 27.8 Å². The van der Waals surface area contributed by atoms with Crippen LogP contribution < -0.4 is 14.8 Å². The molecule has 4 rings (SSSR count). The number of halogens is 3. The molecule has 2 aromatic heterocycles. The first kappa shape index (κ1) is 25.5. The molecule has 188 valence electrons. The molecule has 0 bridgehead atoms. The predicted octanol–water partition coefficient (Wildman–Crippen LogP) is 4.15. The number of hydrogen-bond acceptors (Lipinski definition) is 6. The maximum absolute atomic E-state index is 13.3. The lowest BCUT2D eigenvalue weighted by molar-refractivity contribution is -0.115. The molecule has 0 atom stereocenters. The molecule has 9 nitrogen and oxygen atoms in total. The van der Waals surface area contributed by atoms with Gasteiger partial charge in [-0.15, -0.1) is 0 Å². The molecule has 13 heteroatoms. The maximum Gasteiger partial charge on any atom is 0.333 e. The van der Waals surface area contributed by atoms with Crippen molar-refractivity contribution in [3.05, 3.63) is 77.2 Å². The zero-order chi connectivity index (χ0) is 25.9. The summed E-state index contributed by atoms with van der Waals surface area (Å²) in [7, 11) is -2.69. The van der Waals surface area contributed by atoms with Gasteiger partial charge in [0.15, 0.2) is 0 Å². The molecular weight excluding hydrogens is 516 g/mol. The number of aromatic nitrogens is 3. The van der Waals surface area contributed by atoms with Crippen LogP contribution >= 0.6 is 11.6 Å². The van der Waals surface area contributed by atoms with E-state index in [2.05, 4.69) is 20.1 Å². The van der Waals surface area contributed by atoms with Crippen molar-refractivity contribution in [2.45, 2.75) is 24.4 Å². The van der Waals surface area contributed by atoms with Crippen molar-refractivity contribution >= 4 is 44.1 Å². The minimum atomic E-state index is -4.20. The highest BCUT2D eigenvalue weighted by Gasteiger charge is 2.23. The summed E-state index contributed by atoms with van der Waals surface area (Å²) in [4.78, 5) is 16.3. The summed E-state index contributed by atoms with van der Waals surface area (Å²) < 4.78 is 60.9. The van der Waals surface area contributed by atoms with Crippen LogP contribution in [0.3, 0.4) is 0 Å². The molecule has 0 aliphatic carbocycles. The van der Waals surface area contributed by atoms with E-state index in [0.717, 1.165) is 6.20 Å². The number of carbonyl (C=O) groups excluding carboxylic acids is 1. The second kappa shape index (κ2) is 10.6. The molecule has 0 saturated carbocycles. The Hall–Kier alpha value is -3.61. The van der Waals surface area contributed by atoms with Gasteiger partial charge in [0.2, 0.25) is 15.9 Å². The van der Waals surface area contributed by atoms with Gasteiger partial charge >= 0.3 is 6.55 Å². The van der Waals surface area contributed by atoms with Gasteiger partial charge in [0.25, 0.3) is 0 Å². The number of ether oxygens (including phenoxy) is 1. The topological polar surface area (TPSA) is 115 Å². The van der Waals surface area contributed by atoms with Crippen molar-refractivity contribution in [2.75, 3.05) is 12.4 Å². The molecule has 0 aliphatic heterocycles. The Morgan fingerprint density at radius 2 is 1.94 bits per heavy atom. The number of nitrogens with one attached hydrogen (secondary N) is 2. The Kier molecular flexibility index (Phi) is 7.48. The van der Waals surface area contributed by atoms with E-state index in [-0.39, 0.29) is 34.5 Å². The number of hydrogen-bond donors (Lipinski definition) is 2. The van der Waals surface area contributed by atoms with Crippen LogP contribution in [0.2, 0.25) is 5.02 Å². The zero-order valence-corrected chi connectivity index (χ0v) is 20.4. The average Bonchev–Trinajstić information content (AvgIpc) is 3.28. The lowest BCUT2D eigenvalue weighted by Gasteiger charge is -2.11. The van der Waals surface area contributed by atoms with E-state index in [1.54, 1.807) is 36.4 Å². The van der Waals surface area contributed by atoms with Gasteiger partial charge < -0.3 is 10.1 Å². The van der Waals surface area contributed by atoms with Crippen LogP contribution in [0.25, 0.3) is 10.9 Å². The number of pyridine rings is 1. The number of fused-ring (bicyclic) bond motifs is 1. The highest BCUT2D eigenvalue weighted by molar-refractivity contribution is 7.89. The fourth-order valence-electron chi connectivity index (χ4n) is 3.41. The Labute approximate surface area is 210 Å². The summed E-state index contributed by atoms with van der Waals surface area (Å²) in [6.07, 6.45) is 2.25. The van der Waals surface area contributed by atoms with Crippen molar-refractivity contribution in [1.82, 2.24) is 19.5 Å². The monoisotopic (exact) mass is 535 g/mol. The van der Waals surface area contributed by atoms with Crippen LogP contribution in [0.5, 0.6) is 5.75 Å². The molecule has 2 aromatic carbocycles. The van der Waals surface area contributed by atoms with Crippen LogP contribution in [0.15, 0.2) is 65.8 Å². The summed E-state index contributed by atoms with van der Waals surface area (Å²) in [6.45, 7) is -3.05. The molecule has 0 saturated heterocycles. The zero-order valence-electron chi connectivity index (χ0n) is 18.8. The maximum atomic E-state index is 13.3. The van der Waals surface area contributed by atoms with E-state index in [1.165, 1.54) is 25.4 Å². The summed E-state index contributed by atoms with van der Waals surface area (Å²) in [5, 5.41) is 6.60. The molecular formula is C23H20ClF2N5O4S. The highest BCUT2D eigenvalue weighted by atomic mass is 35.5. The molecule has 0 aliphatic rings.